The first kappa shape index (κ1) is 8.97. The zero-order valence-electron chi connectivity index (χ0n) is 6.95. The molecule has 2 aromatic rings. The zero-order valence-corrected chi connectivity index (χ0v) is 7.77. The van der Waals surface area contributed by atoms with Crippen molar-refractivity contribution in [3.63, 3.8) is 0 Å². The first-order chi connectivity index (χ1) is 6.50. The van der Waals surface area contributed by atoms with E-state index in [4.69, 9.17) is 5.14 Å². The number of nitrogens with zero attached hydrogens (tertiary/aromatic N) is 2. The minimum absolute atomic E-state index is 0.302. The Labute approximate surface area is 79.7 Å². The van der Waals surface area contributed by atoms with E-state index in [2.05, 4.69) is 4.98 Å². The highest BCUT2D eigenvalue weighted by molar-refractivity contribution is 7.89. The molecule has 14 heavy (non-hydrogen) atoms. The van der Waals surface area contributed by atoms with Crippen LogP contribution in [0.4, 0.5) is 0 Å². The third-order valence-electron chi connectivity index (χ3n) is 1.75. The van der Waals surface area contributed by atoms with Gasteiger partial charge in [0.1, 0.15) is 5.52 Å². The van der Waals surface area contributed by atoms with Gasteiger partial charge in [-0.05, 0) is 12.1 Å². The minimum Gasteiger partial charge on any atom is -0.492 e. The SMILES string of the molecule is NS(=O)(=O)c1nc(O)c2ccccn12. The van der Waals surface area contributed by atoms with Gasteiger partial charge in [-0.3, -0.25) is 4.40 Å². The molecule has 0 bridgehead atoms. The summed E-state index contributed by atoms with van der Waals surface area (Å²) in [4.78, 5) is 3.47. The van der Waals surface area contributed by atoms with Crippen LogP contribution in [0.3, 0.4) is 0 Å². The van der Waals surface area contributed by atoms with Crippen molar-refractivity contribution in [3.8, 4) is 5.88 Å². The number of nitrogens with two attached hydrogens (primary N) is 1. The number of pyridine rings is 1. The fraction of sp³-hybridized carbons (Fsp3) is 0. The number of aromatic nitrogens is 2. The maximum atomic E-state index is 11.0. The molecule has 0 aliphatic heterocycles. The zero-order chi connectivity index (χ0) is 10.3. The maximum absolute atomic E-state index is 11.0. The summed E-state index contributed by atoms with van der Waals surface area (Å²) < 4.78 is 23.3. The van der Waals surface area contributed by atoms with E-state index in [0.29, 0.717) is 5.52 Å². The molecule has 74 valence electrons. The molecule has 2 aromatic heterocycles. The Morgan fingerprint density at radius 3 is 2.79 bits per heavy atom. The Morgan fingerprint density at radius 2 is 2.14 bits per heavy atom. The molecule has 0 saturated heterocycles. The van der Waals surface area contributed by atoms with Crippen LogP contribution in [0.5, 0.6) is 5.88 Å². The quantitative estimate of drug-likeness (QED) is 0.678. The normalized spacial score (nSPS) is 12.1. The molecule has 0 aromatic carbocycles. The van der Waals surface area contributed by atoms with Crippen LogP contribution in [0.15, 0.2) is 29.6 Å². The third kappa shape index (κ3) is 1.22. The van der Waals surface area contributed by atoms with Crippen LogP contribution in [-0.4, -0.2) is 22.9 Å². The molecule has 0 spiro atoms. The van der Waals surface area contributed by atoms with Gasteiger partial charge in [-0.1, -0.05) is 6.07 Å². The molecular weight excluding hydrogens is 206 g/mol. The molecule has 7 heteroatoms. The van der Waals surface area contributed by atoms with Crippen molar-refractivity contribution in [2.24, 2.45) is 5.14 Å². The number of hydrogen-bond acceptors (Lipinski definition) is 4. The lowest BCUT2D eigenvalue weighted by atomic mass is 10.4. The van der Waals surface area contributed by atoms with Crippen molar-refractivity contribution >= 4 is 15.5 Å². The fourth-order valence-electron chi connectivity index (χ4n) is 1.19. The summed E-state index contributed by atoms with van der Waals surface area (Å²) >= 11 is 0. The Balaban J connectivity index is 2.93. The number of fused-ring (bicyclic) bond motifs is 1. The second-order valence-electron chi connectivity index (χ2n) is 2.72. The van der Waals surface area contributed by atoms with Crippen molar-refractivity contribution in [2.45, 2.75) is 5.16 Å². The topological polar surface area (TPSA) is 97.7 Å². The summed E-state index contributed by atoms with van der Waals surface area (Å²) in [7, 11) is -3.92. The van der Waals surface area contributed by atoms with Crippen LogP contribution in [0, 0.1) is 0 Å². The molecule has 0 fully saturated rings. The molecule has 0 unspecified atom stereocenters. The van der Waals surface area contributed by atoms with Crippen LogP contribution in [0.25, 0.3) is 5.52 Å². The van der Waals surface area contributed by atoms with Gasteiger partial charge in [0.2, 0.25) is 5.88 Å². The van der Waals surface area contributed by atoms with Crippen molar-refractivity contribution in [2.75, 3.05) is 0 Å². The number of rotatable bonds is 1. The summed E-state index contributed by atoms with van der Waals surface area (Å²) in [6.45, 7) is 0. The predicted molar refractivity (Wildman–Crippen MR) is 48.2 cm³/mol. The first-order valence-corrected chi connectivity index (χ1v) is 5.23. The minimum atomic E-state index is -3.92. The van der Waals surface area contributed by atoms with E-state index < -0.39 is 10.0 Å². The highest BCUT2D eigenvalue weighted by Crippen LogP contribution is 2.20. The van der Waals surface area contributed by atoms with Gasteiger partial charge in [-0.25, -0.2) is 13.6 Å². The number of imidazole rings is 1. The van der Waals surface area contributed by atoms with E-state index >= 15 is 0 Å². The molecule has 0 saturated carbocycles. The van der Waals surface area contributed by atoms with Crippen molar-refractivity contribution < 1.29 is 13.5 Å². The highest BCUT2D eigenvalue weighted by Gasteiger charge is 2.18. The van der Waals surface area contributed by atoms with Gasteiger partial charge in [0.05, 0.1) is 0 Å². The third-order valence-corrected chi connectivity index (χ3v) is 2.55. The van der Waals surface area contributed by atoms with E-state index in [1.807, 2.05) is 0 Å². The van der Waals surface area contributed by atoms with Crippen LogP contribution >= 0.6 is 0 Å². The van der Waals surface area contributed by atoms with E-state index in [-0.39, 0.29) is 11.0 Å². The molecule has 2 heterocycles. The van der Waals surface area contributed by atoms with Gasteiger partial charge in [0.15, 0.2) is 0 Å². The van der Waals surface area contributed by atoms with Crippen molar-refractivity contribution in [1.29, 1.82) is 0 Å². The molecule has 0 amide bonds. The number of hydrogen-bond donors (Lipinski definition) is 2. The Kier molecular flexibility index (Phi) is 1.73. The fourth-order valence-corrected chi connectivity index (χ4v) is 1.84. The van der Waals surface area contributed by atoms with Gasteiger partial charge in [-0.15, -0.1) is 0 Å². The second kappa shape index (κ2) is 2.69. The lowest BCUT2D eigenvalue weighted by Crippen LogP contribution is -2.15. The molecule has 6 nitrogen and oxygen atoms in total. The van der Waals surface area contributed by atoms with Crippen molar-refractivity contribution in [3.05, 3.63) is 24.4 Å². The average Bonchev–Trinajstić information content (AvgIpc) is 2.44. The highest BCUT2D eigenvalue weighted by atomic mass is 32.2. The smallest absolute Gasteiger partial charge is 0.272 e. The summed E-state index contributed by atoms with van der Waals surface area (Å²) in [5, 5.41) is 13.8. The van der Waals surface area contributed by atoms with E-state index in [1.54, 1.807) is 12.1 Å². The lowest BCUT2D eigenvalue weighted by molar-refractivity contribution is 0.458. The standard InChI is InChI=1S/C7H7N3O3S/c8-14(12,13)7-9-6(11)5-3-1-2-4-10(5)7/h1-4,11H,(H2,8,12,13). The summed E-state index contributed by atoms with van der Waals surface area (Å²) in [6.07, 6.45) is 1.46. The number of primary sulfonamides is 1. The second-order valence-corrected chi connectivity index (χ2v) is 4.17. The van der Waals surface area contributed by atoms with E-state index in [0.717, 1.165) is 0 Å². The first-order valence-electron chi connectivity index (χ1n) is 3.69. The van der Waals surface area contributed by atoms with Crippen LogP contribution in [0.1, 0.15) is 0 Å². The summed E-state index contributed by atoms with van der Waals surface area (Å²) in [5.74, 6) is -0.352. The van der Waals surface area contributed by atoms with Gasteiger partial charge < -0.3 is 5.11 Å². The van der Waals surface area contributed by atoms with E-state index in [9.17, 15) is 13.5 Å². The average molecular weight is 213 g/mol. The molecule has 0 aliphatic carbocycles. The molecule has 2 rings (SSSR count). The van der Waals surface area contributed by atoms with Gasteiger partial charge in [0.25, 0.3) is 15.2 Å². The van der Waals surface area contributed by atoms with Crippen LogP contribution < -0.4 is 5.14 Å². The monoisotopic (exact) mass is 213 g/mol. The van der Waals surface area contributed by atoms with E-state index in [1.165, 1.54) is 16.7 Å². The Hall–Kier alpha value is -1.60. The Bertz CT molecular complexity index is 587. The van der Waals surface area contributed by atoms with Gasteiger partial charge in [0, 0.05) is 6.20 Å². The predicted octanol–water partition coefficient (Wildman–Crippen LogP) is -0.313. The summed E-state index contributed by atoms with van der Waals surface area (Å²) in [5.41, 5.74) is 0.302. The number of sulfonamides is 1. The molecular formula is C7H7N3O3S. The van der Waals surface area contributed by atoms with Crippen LogP contribution in [0.2, 0.25) is 0 Å². The molecule has 0 radical (unpaired) electrons. The van der Waals surface area contributed by atoms with Crippen LogP contribution in [-0.2, 0) is 10.0 Å². The maximum Gasteiger partial charge on any atom is 0.272 e. The van der Waals surface area contributed by atoms with Gasteiger partial charge >= 0.3 is 0 Å². The van der Waals surface area contributed by atoms with Crippen molar-refractivity contribution in [1.82, 2.24) is 9.38 Å². The summed E-state index contributed by atoms with van der Waals surface area (Å²) in [6, 6.07) is 4.81. The lowest BCUT2D eigenvalue weighted by Gasteiger charge is -1.95. The van der Waals surface area contributed by atoms with Gasteiger partial charge in [-0.2, -0.15) is 4.98 Å². The Morgan fingerprint density at radius 1 is 1.43 bits per heavy atom. The molecule has 3 N–H and O–H groups in total. The molecule has 0 aliphatic rings. The number of aromatic hydroxyl groups is 1. The molecule has 0 atom stereocenters. The largest absolute Gasteiger partial charge is 0.492 e.